The predicted octanol–water partition coefficient (Wildman–Crippen LogP) is 3.64. The fourth-order valence-electron chi connectivity index (χ4n) is 3.42. The van der Waals surface area contributed by atoms with Gasteiger partial charge in [0, 0.05) is 43.8 Å². The maximum atomic E-state index is 10.7. The molecule has 4 heterocycles. The highest BCUT2D eigenvalue weighted by atomic mass is 16.5. The van der Waals surface area contributed by atoms with E-state index in [-0.39, 0.29) is 5.88 Å². The number of ether oxygens (including phenoxy) is 3. The maximum Gasteiger partial charge on any atom is 0.256 e. The molecule has 4 rings (SSSR count). The van der Waals surface area contributed by atoms with Gasteiger partial charge in [-0.3, -0.25) is 9.67 Å². The van der Waals surface area contributed by atoms with Crippen molar-refractivity contribution in [2.75, 3.05) is 26.9 Å². The molecule has 0 saturated carbocycles. The molecule has 0 radical (unpaired) electrons. The predicted molar refractivity (Wildman–Crippen MR) is 116 cm³/mol. The molecule has 0 saturated heterocycles. The van der Waals surface area contributed by atoms with E-state index >= 15 is 0 Å². The number of nitrogens with zero attached hydrogens (tertiary/aromatic N) is 4. The molecular weight excluding hydrogens is 398 g/mol. The molecule has 0 spiro atoms. The second-order valence-electron chi connectivity index (χ2n) is 6.99. The summed E-state index contributed by atoms with van der Waals surface area (Å²) in [7, 11) is 1.56. The summed E-state index contributed by atoms with van der Waals surface area (Å²) >= 11 is 0. The van der Waals surface area contributed by atoms with Crippen molar-refractivity contribution in [3.05, 3.63) is 42.5 Å². The Morgan fingerprint density at radius 3 is 2.81 bits per heavy atom. The lowest BCUT2D eigenvalue weighted by molar-refractivity contribution is 0.130. The normalized spacial score (nSPS) is 11.2. The largest absolute Gasteiger partial charge is 0.494 e. The van der Waals surface area contributed by atoms with Gasteiger partial charge in [0.05, 0.1) is 42.2 Å². The number of hydrogen-bond donors (Lipinski definition) is 2. The summed E-state index contributed by atoms with van der Waals surface area (Å²) in [6.45, 7) is 5.72. The Balaban J connectivity index is 1.67. The van der Waals surface area contributed by atoms with E-state index < -0.39 is 0 Å². The molecule has 4 aromatic heterocycles. The van der Waals surface area contributed by atoms with E-state index in [2.05, 4.69) is 15.2 Å². The topological polar surface area (TPSA) is 107 Å². The van der Waals surface area contributed by atoms with Gasteiger partial charge in [0.15, 0.2) is 5.75 Å². The summed E-state index contributed by atoms with van der Waals surface area (Å²) in [6.07, 6.45) is 7.60. The lowest BCUT2D eigenvalue weighted by atomic mass is 10.1. The summed E-state index contributed by atoms with van der Waals surface area (Å²) in [6, 6.07) is 3.79. The van der Waals surface area contributed by atoms with E-state index in [0.29, 0.717) is 42.4 Å². The SMILES string of the molecule is CCOCCCOc1cc(-c2cc(C)c3c(O)n(-c4cn[nH]c4)cc3n2)cnc1OC. The van der Waals surface area contributed by atoms with Crippen LogP contribution in [-0.4, -0.2) is 56.8 Å². The van der Waals surface area contributed by atoms with Crippen molar-refractivity contribution in [1.82, 2.24) is 24.7 Å². The molecule has 0 unspecified atom stereocenters. The molecule has 0 aliphatic carbocycles. The zero-order chi connectivity index (χ0) is 21.8. The van der Waals surface area contributed by atoms with Crippen LogP contribution in [0.3, 0.4) is 0 Å². The van der Waals surface area contributed by atoms with E-state index in [0.717, 1.165) is 28.9 Å². The number of aromatic amines is 1. The average Bonchev–Trinajstić information content (AvgIpc) is 3.41. The molecule has 0 aliphatic rings. The van der Waals surface area contributed by atoms with Gasteiger partial charge < -0.3 is 19.3 Å². The van der Waals surface area contributed by atoms with E-state index in [9.17, 15) is 5.11 Å². The molecule has 0 aromatic carbocycles. The van der Waals surface area contributed by atoms with Gasteiger partial charge in [-0.15, -0.1) is 0 Å². The van der Waals surface area contributed by atoms with Crippen molar-refractivity contribution < 1.29 is 19.3 Å². The first-order valence-corrected chi connectivity index (χ1v) is 10.1. The lowest BCUT2D eigenvalue weighted by Crippen LogP contribution is -2.04. The lowest BCUT2D eigenvalue weighted by Gasteiger charge is -2.12. The highest BCUT2D eigenvalue weighted by molar-refractivity contribution is 5.90. The monoisotopic (exact) mass is 423 g/mol. The first-order chi connectivity index (χ1) is 15.1. The minimum absolute atomic E-state index is 0.124. The Morgan fingerprint density at radius 2 is 2.06 bits per heavy atom. The van der Waals surface area contributed by atoms with Crippen LogP contribution < -0.4 is 9.47 Å². The standard InChI is InChI=1S/C22H25N5O4/c1-4-30-6-5-7-31-19-9-15(10-23-21(19)29-3)17-8-14(2)20-18(26-17)13-27(22(20)28)16-11-24-25-12-16/h8-13,28H,4-7H2,1-3H3,(H,24,25). The Bertz CT molecular complexity index is 1170. The number of aromatic nitrogens is 5. The van der Waals surface area contributed by atoms with Crippen molar-refractivity contribution >= 4 is 10.9 Å². The Kier molecular flexibility index (Phi) is 6.03. The van der Waals surface area contributed by atoms with Crippen LogP contribution in [-0.2, 0) is 4.74 Å². The van der Waals surface area contributed by atoms with Gasteiger partial charge in [-0.1, -0.05) is 0 Å². The van der Waals surface area contributed by atoms with Gasteiger partial charge in [0.1, 0.15) is 0 Å². The fraction of sp³-hybridized carbons (Fsp3) is 0.318. The molecule has 0 aliphatic heterocycles. The van der Waals surface area contributed by atoms with Crippen LogP contribution in [0.2, 0.25) is 0 Å². The molecule has 9 heteroatoms. The maximum absolute atomic E-state index is 10.7. The van der Waals surface area contributed by atoms with Crippen LogP contribution in [0.1, 0.15) is 18.9 Å². The number of pyridine rings is 2. The number of hydrogen-bond acceptors (Lipinski definition) is 7. The number of fused-ring (bicyclic) bond motifs is 1. The van der Waals surface area contributed by atoms with Gasteiger partial charge in [-0.25, -0.2) is 9.97 Å². The van der Waals surface area contributed by atoms with Gasteiger partial charge in [-0.2, -0.15) is 5.10 Å². The van der Waals surface area contributed by atoms with Gasteiger partial charge >= 0.3 is 0 Å². The molecule has 4 aromatic rings. The zero-order valence-electron chi connectivity index (χ0n) is 17.8. The molecule has 0 fully saturated rings. The molecule has 0 amide bonds. The molecule has 0 atom stereocenters. The summed E-state index contributed by atoms with van der Waals surface area (Å²) < 4.78 is 18.2. The molecule has 162 valence electrons. The highest BCUT2D eigenvalue weighted by Crippen LogP contribution is 2.35. The number of aryl methyl sites for hydroxylation is 1. The number of nitrogens with one attached hydrogen (secondary N) is 1. The Morgan fingerprint density at radius 1 is 1.19 bits per heavy atom. The van der Waals surface area contributed by atoms with E-state index in [4.69, 9.17) is 19.2 Å². The van der Waals surface area contributed by atoms with E-state index in [1.165, 1.54) is 0 Å². The molecule has 31 heavy (non-hydrogen) atoms. The quantitative estimate of drug-likeness (QED) is 0.396. The van der Waals surface area contributed by atoms with Crippen molar-refractivity contribution in [3.8, 4) is 34.5 Å². The van der Waals surface area contributed by atoms with Crippen LogP contribution in [0.4, 0.5) is 0 Å². The number of aromatic hydroxyl groups is 1. The van der Waals surface area contributed by atoms with E-state index in [1.807, 2.05) is 26.0 Å². The third-order valence-electron chi connectivity index (χ3n) is 4.91. The smallest absolute Gasteiger partial charge is 0.256 e. The second-order valence-corrected chi connectivity index (χ2v) is 6.99. The fourth-order valence-corrected chi connectivity index (χ4v) is 3.42. The van der Waals surface area contributed by atoms with Crippen LogP contribution in [0.5, 0.6) is 17.5 Å². The summed E-state index contributed by atoms with van der Waals surface area (Å²) in [5.41, 5.74) is 3.81. The Labute approximate surface area is 179 Å². The average molecular weight is 423 g/mol. The molecule has 2 N–H and O–H groups in total. The minimum atomic E-state index is 0.124. The third kappa shape index (κ3) is 4.17. The van der Waals surface area contributed by atoms with Crippen molar-refractivity contribution in [1.29, 1.82) is 0 Å². The first-order valence-electron chi connectivity index (χ1n) is 10.1. The zero-order valence-corrected chi connectivity index (χ0v) is 17.8. The van der Waals surface area contributed by atoms with Crippen molar-refractivity contribution in [2.24, 2.45) is 0 Å². The summed E-state index contributed by atoms with van der Waals surface area (Å²) in [5.74, 6) is 1.09. The van der Waals surface area contributed by atoms with Gasteiger partial charge in [-0.05, 0) is 31.5 Å². The number of H-pyrrole nitrogens is 1. The number of methoxy groups -OCH3 is 1. The molecule has 0 bridgehead atoms. The highest BCUT2D eigenvalue weighted by Gasteiger charge is 2.17. The first kappa shape index (κ1) is 20.7. The Hall–Kier alpha value is -3.59. The summed E-state index contributed by atoms with van der Waals surface area (Å²) in [5, 5.41) is 18.1. The van der Waals surface area contributed by atoms with Crippen LogP contribution in [0.15, 0.2) is 36.9 Å². The molecular formula is C22H25N5O4. The third-order valence-corrected chi connectivity index (χ3v) is 4.91. The van der Waals surface area contributed by atoms with Crippen molar-refractivity contribution in [2.45, 2.75) is 20.3 Å². The number of rotatable bonds is 9. The minimum Gasteiger partial charge on any atom is -0.494 e. The van der Waals surface area contributed by atoms with Crippen LogP contribution >= 0.6 is 0 Å². The molecule has 9 nitrogen and oxygen atoms in total. The van der Waals surface area contributed by atoms with E-state index in [1.54, 1.807) is 36.5 Å². The second kappa shape index (κ2) is 9.05. The van der Waals surface area contributed by atoms with Crippen molar-refractivity contribution in [3.63, 3.8) is 0 Å². The summed E-state index contributed by atoms with van der Waals surface area (Å²) in [4.78, 5) is 9.12. The van der Waals surface area contributed by atoms with Crippen LogP contribution in [0.25, 0.3) is 27.8 Å². The van der Waals surface area contributed by atoms with Gasteiger partial charge in [0.25, 0.3) is 5.88 Å². The van der Waals surface area contributed by atoms with Gasteiger partial charge in [0.2, 0.25) is 5.88 Å². The van der Waals surface area contributed by atoms with Crippen LogP contribution in [0, 0.1) is 6.92 Å².